The molecule has 1 unspecified atom stereocenters. The van der Waals surface area contributed by atoms with Crippen LogP contribution in [-0.4, -0.2) is 36.8 Å². The molecule has 2 rings (SSSR count). The first-order chi connectivity index (χ1) is 8.74. The number of fused-ring (bicyclic) bond motifs is 1. The second-order valence-corrected chi connectivity index (χ2v) is 5.78. The maximum absolute atomic E-state index is 11.2. The first-order valence-electron chi connectivity index (χ1n) is 5.39. The Labute approximate surface area is 110 Å². The van der Waals surface area contributed by atoms with Gasteiger partial charge in [-0.25, -0.2) is 0 Å². The highest BCUT2D eigenvalue weighted by atomic mass is 32.2. The van der Waals surface area contributed by atoms with Gasteiger partial charge in [0.25, 0.3) is 0 Å². The van der Waals surface area contributed by atoms with Gasteiger partial charge < -0.3 is 9.84 Å². The van der Waals surface area contributed by atoms with Gasteiger partial charge in [0.15, 0.2) is 5.79 Å². The number of rotatable bonds is 4. The summed E-state index contributed by atoms with van der Waals surface area (Å²) in [7, 11) is -2.39. The van der Waals surface area contributed by atoms with Gasteiger partial charge in [-0.2, -0.15) is 8.42 Å². The lowest BCUT2D eigenvalue weighted by molar-refractivity contribution is -0.178. The Kier molecular flexibility index (Phi) is 3.25. The molecule has 1 N–H and O–H groups in total. The number of ether oxygens (including phenoxy) is 1. The molecule has 0 spiro atoms. The fraction of sp³-hybridized carbons (Fsp3) is 0.364. The smallest absolute Gasteiger partial charge is 0.325 e. The van der Waals surface area contributed by atoms with E-state index in [0.29, 0.717) is 16.5 Å². The third kappa shape index (κ3) is 2.70. The van der Waals surface area contributed by atoms with E-state index in [9.17, 15) is 13.5 Å². The Hall–Kier alpha value is -1.64. The molecule has 1 aromatic heterocycles. The van der Waals surface area contributed by atoms with Crippen LogP contribution < -0.4 is 4.28 Å². The highest BCUT2D eigenvalue weighted by Crippen LogP contribution is 2.28. The Morgan fingerprint density at radius 2 is 2.11 bits per heavy atom. The number of methoxy groups -OCH3 is 1. The van der Waals surface area contributed by atoms with Crippen molar-refractivity contribution in [1.29, 1.82) is 0 Å². The molecule has 0 radical (unpaired) electrons. The van der Waals surface area contributed by atoms with Crippen molar-refractivity contribution in [2.45, 2.75) is 12.7 Å². The molecule has 7 nitrogen and oxygen atoms in total. The summed E-state index contributed by atoms with van der Waals surface area (Å²) in [5, 5.41) is 14.6. The van der Waals surface area contributed by atoms with Crippen molar-refractivity contribution in [3.05, 3.63) is 30.0 Å². The summed E-state index contributed by atoms with van der Waals surface area (Å²) in [5.41, 5.74) is 0.688. The van der Waals surface area contributed by atoms with Crippen LogP contribution in [0.3, 0.4) is 0 Å². The minimum absolute atomic E-state index is 0.333. The van der Waals surface area contributed by atoms with E-state index in [0.717, 1.165) is 11.1 Å². The number of para-hydroxylation sites is 1. The van der Waals surface area contributed by atoms with Crippen LogP contribution >= 0.6 is 0 Å². The van der Waals surface area contributed by atoms with Gasteiger partial charge in [0.1, 0.15) is 5.52 Å². The van der Waals surface area contributed by atoms with Crippen molar-refractivity contribution in [2.24, 2.45) is 0 Å². The monoisotopic (exact) mass is 286 g/mol. The highest BCUT2D eigenvalue weighted by Gasteiger charge is 2.27. The number of benzene rings is 1. The summed E-state index contributed by atoms with van der Waals surface area (Å²) in [6.45, 7) is 1.44. The van der Waals surface area contributed by atoms with Crippen molar-refractivity contribution in [2.75, 3.05) is 13.4 Å². The molecule has 2 aromatic rings. The minimum Gasteiger partial charge on any atom is -0.362 e. The van der Waals surface area contributed by atoms with E-state index >= 15 is 0 Å². The van der Waals surface area contributed by atoms with Gasteiger partial charge in [0, 0.05) is 18.1 Å². The molecule has 0 amide bonds. The second-order valence-electron chi connectivity index (χ2n) is 4.23. The number of hydrogen-bond donors (Lipinski definition) is 1. The molecule has 8 heteroatoms. The zero-order chi connectivity index (χ0) is 14.3. The zero-order valence-corrected chi connectivity index (χ0v) is 11.5. The van der Waals surface area contributed by atoms with E-state index in [-0.39, 0.29) is 0 Å². The molecule has 0 saturated carbocycles. The molecule has 0 aliphatic rings. The van der Waals surface area contributed by atoms with E-state index in [2.05, 4.69) is 5.10 Å². The van der Waals surface area contributed by atoms with Crippen LogP contribution in [0, 0.1) is 0 Å². The molecule has 1 atom stereocenters. The van der Waals surface area contributed by atoms with Crippen LogP contribution in [0.25, 0.3) is 10.9 Å². The largest absolute Gasteiger partial charge is 0.362 e. The fourth-order valence-electron chi connectivity index (χ4n) is 1.72. The van der Waals surface area contributed by atoms with Crippen LogP contribution in [0.5, 0.6) is 0 Å². The van der Waals surface area contributed by atoms with Crippen LogP contribution in [0.2, 0.25) is 0 Å². The Morgan fingerprint density at radius 3 is 2.68 bits per heavy atom. The van der Waals surface area contributed by atoms with E-state index in [1.807, 2.05) is 0 Å². The Balaban J connectivity index is 2.69. The third-order valence-electron chi connectivity index (χ3n) is 2.66. The molecule has 0 aliphatic carbocycles. The molecule has 0 bridgehead atoms. The fourth-order valence-corrected chi connectivity index (χ4v) is 2.09. The lowest BCUT2D eigenvalue weighted by Crippen LogP contribution is -2.26. The normalized spacial score (nSPS) is 15.4. The van der Waals surface area contributed by atoms with E-state index in [1.165, 1.54) is 20.2 Å². The molecule has 104 valence electrons. The van der Waals surface area contributed by atoms with Crippen molar-refractivity contribution in [3.8, 4) is 0 Å². The van der Waals surface area contributed by atoms with Crippen molar-refractivity contribution in [3.63, 3.8) is 0 Å². The molecular formula is C11H14N2O5S. The topological polar surface area (TPSA) is 90.7 Å². The molecule has 1 heterocycles. The molecule has 0 aliphatic heterocycles. The lowest BCUT2D eigenvalue weighted by Gasteiger charge is -2.22. The van der Waals surface area contributed by atoms with E-state index in [4.69, 9.17) is 9.02 Å². The van der Waals surface area contributed by atoms with Gasteiger partial charge in [0.2, 0.25) is 0 Å². The Bertz CT molecular complexity index is 705. The summed E-state index contributed by atoms with van der Waals surface area (Å²) in [6, 6.07) is 5.03. The minimum atomic E-state index is -3.73. The maximum Gasteiger partial charge on any atom is 0.325 e. The van der Waals surface area contributed by atoms with Crippen molar-refractivity contribution in [1.82, 2.24) is 9.94 Å². The van der Waals surface area contributed by atoms with Gasteiger partial charge in [0.05, 0.1) is 12.5 Å². The van der Waals surface area contributed by atoms with Gasteiger partial charge in [-0.3, -0.25) is 4.28 Å². The van der Waals surface area contributed by atoms with Gasteiger partial charge in [-0.15, -0.1) is 5.10 Å². The molecule has 19 heavy (non-hydrogen) atoms. The predicted molar refractivity (Wildman–Crippen MR) is 67.7 cm³/mol. The standard InChI is InChI=1S/C11H14N2O5S/c1-11(14,17-2)9-6-4-5-8-7-12-13(10(8)9)18-19(3,15)16/h4-7,14H,1-3H3. The zero-order valence-electron chi connectivity index (χ0n) is 10.7. The highest BCUT2D eigenvalue weighted by molar-refractivity contribution is 7.86. The van der Waals surface area contributed by atoms with Gasteiger partial charge >= 0.3 is 10.1 Å². The Morgan fingerprint density at radius 1 is 1.42 bits per heavy atom. The first kappa shape index (κ1) is 13.8. The summed E-state index contributed by atoms with van der Waals surface area (Å²) in [4.78, 5) is 0.855. The third-order valence-corrected chi connectivity index (χ3v) is 3.08. The molecule has 0 saturated heterocycles. The van der Waals surface area contributed by atoms with E-state index < -0.39 is 15.9 Å². The van der Waals surface area contributed by atoms with Crippen molar-refractivity contribution >= 4 is 21.0 Å². The average Bonchev–Trinajstić information content (AvgIpc) is 2.70. The number of aromatic nitrogens is 2. The number of hydrogen-bond acceptors (Lipinski definition) is 6. The van der Waals surface area contributed by atoms with Crippen LogP contribution in [0.15, 0.2) is 24.4 Å². The quantitative estimate of drug-likeness (QED) is 0.809. The molecule has 1 aromatic carbocycles. The van der Waals surface area contributed by atoms with Gasteiger partial charge in [-0.1, -0.05) is 23.0 Å². The van der Waals surface area contributed by atoms with Crippen LogP contribution in [0.4, 0.5) is 0 Å². The lowest BCUT2D eigenvalue weighted by atomic mass is 10.0. The summed E-state index contributed by atoms with van der Waals surface area (Å²) >= 11 is 0. The van der Waals surface area contributed by atoms with E-state index in [1.54, 1.807) is 18.2 Å². The number of nitrogens with zero attached hydrogens (tertiary/aromatic N) is 2. The summed E-state index contributed by atoms with van der Waals surface area (Å²) in [5.74, 6) is -1.59. The summed E-state index contributed by atoms with van der Waals surface area (Å²) < 4.78 is 32.1. The number of aliphatic hydroxyl groups is 1. The van der Waals surface area contributed by atoms with Gasteiger partial charge in [-0.05, 0) is 6.92 Å². The second kappa shape index (κ2) is 4.48. The van der Waals surface area contributed by atoms with Crippen LogP contribution in [-0.2, 0) is 20.6 Å². The summed E-state index contributed by atoms with van der Waals surface area (Å²) in [6.07, 6.45) is 2.35. The first-order valence-corrected chi connectivity index (χ1v) is 7.21. The van der Waals surface area contributed by atoms with Crippen LogP contribution in [0.1, 0.15) is 12.5 Å². The van der Waals surface area contributed by atoms with Crippen molar-refractivity contribution < 1.29 is 22.5 Å². The average molecular weight is 286 g/mol. The molecular weight excluding hydrogens is 272 g/mol. The maximum atomic E-state index is 11.2. The predicted octanol–water partition coefficient (Wildman–Crippen LogP) is 0.236. The SMILES string of the molecule is COC(C)(O)c1cccc2cnn(OS(C)(=O)=O)c12. The molecule has 0 fully saturated rings.